The molecular formula is C27H35F2N3O4S. The Balaban J connectivity index is 1.70. The third-order valence-electron chi connectivity index (χ3n) is 6.66. The van der Waals surface area contributed by atoms with E-state index in [2.05, 4.69) is 5.32 Å². The molecule has 1 N–H and O–H groups in total. The van der Waals surface area contributed by atoms with Crippen LogP contribution in [0.1, 0.15) is 57.4 Å². The van der Waals surface area contributed by atoms with Crippen LogP contribution in [0.5, 0.6) is 0 Å². The van der Waals surface area contributed by atoms with Crippen LogP contribution < -0.4 is 9.62 Å². The second-order valence-electron chi connectivity index (χ2n) is 9.56. The summed E-state index contributed by atoms with van der Waals surface area (Å²) in [5.41, 5.74) is 0.850. The average molecular weight is 536 g/mol. The second kappa shape index (κ2) is 13.0. The zero-order valence-electron chi connectivity index (χ0n) is 21.3. The summed E-state index contributed by atoms with van der Waals surface area (Å²) < 4.78 is 52.7. The molecule has 0 aliphatic heterocycles. The summed E-state index contributed by atoms with van der Waals surface area (Å²) in [6.45, 7) is 1.83. The number of nitrogens with one attached hydrogen (secondary N) is 1. The highest BCUT2D eigenvalue weighted by atomic mass is 32.2. The van der Waals surface area contributed by atoms with Crippen LogP contribution >= 0.6 is 0 Å². The lowest BCUT2D eigenvalue weighted by Gasteiger charge is -2.31. The van der Waals surface area contributed by atoms with Crippen molar-refractivity contribution < 1.29 is 26.8 Å². The van der Waals surface area contributed by atoms with Crippen molar-refractivity contribution in [3.05, 3.63) is 65.7 Å². The number of anilines is 1. The fourth-order valence-corrected chi connectivity index (χ4v) is 5.53. The predicted molar refractivity (Wildman–Crippen MR) is 139 cm³/mol. The monoisotopic (exact) mass is 535 g/mol. The molecule has 1 aliphatic rings. The first kappa shape index (κ1) is 28.6. The van der Waals surface area contributed by atoms with Crippen LogP contribution in [-0.2, 0) is 26.2 Å². The molecule has 0 unspecified atom stereocenters. The third-order valence-corrected chi connectivity index (χ3v) is 7.85. The summed E-state index contributed by atoms with van der Waals surface area (Å²) in [5, 5.41) is 3.08. The molecule has 0 spiro atoms. The summed E-state index contributed by atoms with van der Waals surface area (Å²) in [5.74, 6) is -2.75. The molecule has 3 rings (SSSR count). The smallest absolute Gasteiger partial charge is 0.242 e. The SMILES string of the molecule is C[C@H](C(=O)NC1CCCCC1)N(Cc1ccccc1)C(=O)CCCN(c1ccc(F)c(F)c1)S(C)(=O)=O. The Morgan fingerprint density at radius 2 is 1.70 bits per heavy atom. The molecule has 0 aromatic heterocycles. The molecule has 37 heavy (non-hydrogen) atoms. The Morgan fingerprint density at radius 3 is 2.32 bits per heavy atom. The van der Waals surface area contributed by atoms with Crippen molar-refractivity contribution in [2.24, 2.45) is 0 Å². The van der Waals surface area contributed by atoms with E-state index in [0.717, 1.165) is 60.4 Å². The van der Waals surface area contributed by atoms with E-state index in [1.165, 1.54) is 11.0 Å². The Hall–Kier alpha value is -3.01. The lowest BCUT2D eigenvalue weighted by Crippen LogP contribution is -2.50. The minimum absolute atomic E-state index is 0.0183. The van der Waals surface area contributed by atoms with Crippen LogP contribution in [0.15, 0.2) is 48.5 Å². The molecule has 10 heteroatoms. The Morgan fingerprint density at radius 1 is 1.03 bits per heavy atom. The summed E-state index contributed by atoms with van der Waals surface area (Å²) in [6, 6.07) is 11.6. The average Bonchev–Trinajstić information content (AvgIpc) is 2.87. The number of rotatable bonds is 11. The van der Waals surface area contributed by atoms with Gasteiger partial charge in [0, 0.05) is 31.6 Å². The van der Waals surface area contributed by atoms with Gasteiger partial charge in [0.05, 0.1) is 11.9 Å². The van der Waals surface area contributed by atoms with Gasteiger partial charge in [-0.1, -0.05) is 49.6 Å². The zero-order chi connectivity index (χ0) is 27.0. The molecule has 2 aromatic rings. The van der Waals surface area contributed by atoms with Gasteiger partial charge in [0.1, 0.15) is 6.04 Å². The number of amides is 2. The molecule has 1 fully saturated rings. The molecule has 2 aromatic carbocycles. The summed E-state index contributed by atoms with van der Waals surface area (Å²) in [6.07, 6.45) is 6.23. The third kappa shape index (κ3) is 8.24. The van der Waals surface area contributed by atoms with E-state index in [4.69, 9.17) is 0 Å². The quantitative estimate of drug-likeness (QED) is 0.463. The van der Waals surface area contributed by atoms with E-state index in [0.29, 0.717) is 0 Å². The molecule has 0 saturated heterocycles. The summed E-state index contributed by atoms with van der Waals surface area (Å²) >= 11 is 0. The maximum absolute atomic E-state index is 13.7. The highest BCUT2D eigenvalue weighted by Crippen LogP contribution is 2.22. The van der Waals surface area contributed by atoms with Crippen molar-refractivity contribution in [3.63, 3.8) is 0 Å². The topological polar surface area (TPSA) is 86.8 Å². The molecule has 0 radical (unpaired) electrons. The van der Waals surface area contributed by atoms with Crippen molar-refractivity contribution in [2.75, 3.05) is 17.1 Å². The second-order valence-corrected chi connectivity index (χ2v) is 11.5. The lowest BCUT2D eigenvalue weighted by atomic mass is 9.95. The molecular weight excluding hydrogens is 500 g/mol. The van der Waals surface area contributed by atoms with Crippen molar-refractivity contribution in [3.8, 4) is 0 Å². The minimum atomic E-state index is -3.81. The van der Waals surface area contributed by atoms with Gasteiger partial charge in [-0.05, 0) is 43.9 Å². The van der Waals surface area contributed by atoms with Gasteiger partial charge in [-0.25, -0.2) is 17.2 Å². The van der Waals surface area contributed by atoms with Crippen molar-refractivity contribution in [1.82, 2.24) is 10.2 Å². The number of carbonyl (C=O) groups is 2. The lowest BCUT2D eigenvalue weighted by molar-refractivity contribution is -0.141. The van der Waals surface area contributed by atoms with Crippen LogP contribution in [0.3, 0.4) is 0 Å². The molecule has 0 heterocycles. The summed E-state index contributed by atoms with van der Waals surface area (Å²) in [4.78, 5) is 27.9. The highest BCUT2D eigenvalue weighted by molar-refractivity contribution is 7.92. The van der Waals surface area contributed by atoms with Crippen LogP contribution in [0.2, 0.25) is 0 Å². The van der Waals surface area contributed by atoms with Crippen molar-refractivity contribution in [2.45, 2.75) is 70.5 Å². The van der Waals surface area contributed by atoms with Gasteiger partial charge < -0.3 is 10.2 Å². The molecule has 7 nitrogen and oxygen atoms in total. The van der Waals surface area contributed by atoms with Gasteiger partial charge in [-0.15, -0.1) is 0 Å². The maximum Gasteiger partial charge on any atom is 0.242 e. The first-order valence-corrected chi connectivity index (χ1v) is 14.5. The standard InChI is InChI=1S/C27H35F2N3O4S/c1-20(27(34)30-22-12-7-4-8-13-22)31(19-21-10-5-3-6-11-21)26(33)14-9-17-32(37(2,35)36)23-15-16-24(28)25(29)18-23/h3,5-6,10-11,15-16,18,20,22H,4,7-9,12-14,17,19H2,1-2H3,(H,30,34)/t20-/m1/s1. The molecule has 1 saturated carbocycles. The van der Waals surface area contributed by atoms with Crippen LogP contribution in [0, 0.1) is 11.6 Å². The molecule has 2 amide bonds. The molecule has 1 atom stereocenters. The normalized spacial score (nSPS) is 15.1. The summed E-state index contributed by atoms with van der Waals surface area (Å²) in [7, 11) is -3.81. The number of sulfonamides is 1. The molecule has 202 valence electrons. The van der Waals surface area contributed by atoms with Gasteiger partial charge in [0.15, 0.2) is 11.6 Å². The fraction of sp³-hybridized carbons (Fsp3) is 0.481. The van der Waals surface area contributed by atoms with Gasteiger partial charge >= 0.3 is 0 Å². The van der Waals surface area contributed by atoms with E-state index < -0.39 is 27.7 Å². The molecule has 0 bridgehead atoms. The van der Waals surface area contributed by atoms with E-state index in [9.17, 15) is 26.8 Å². The Kier molecular flexibility index (Phi) is 10.0. The van der Waals surface area contributed by atoms with Crippen molar-refractivity contribution in [1.29, 1.82) is 0 Å². The largest absolute Gasteiger partial charge is 0.352 e. The highest BCUT2D eigenvalue weighted by Gasteiger charge is 2.28. The van der Waals surface area contributed by atoms with Crippen LogP contribution in [0.4, 0.5) is 14.5 Å². The van der Waals surface area contributed by atoms with E-state index in [1.54, 1.807) is 6.92 Å². The molecule has 1 aliphatic carbocycles. The van der Waals surface area contributed by atoms with E-state index in [1.807, 2.05) is 30.3 Å². The van der Waals surface area contributed by atoms with E-state index >= 15 is 0 Å². The number of hydrogen-bond donors (Lipinski definition) is 1. The number of benzene rings is 2. The van der Waals surface area contributed by atoms with Gasteiger partial charge in [0.2, 0.25) is 21.8 Å². The van der Waals surface area contributed by atoms with E-state index in [-0.39, 0.29) is 49.5 Å². The van der Waals surface area contributed by atoms with Gasteiger partial charge in [0.25, 0.3) is 0 Å². The minimum Gasteiger partial charge on any atom is -0.352 e. The Labute approximate surface area is 217 Å². The maximum atomic E-state index is 13.7. The first-order valence-electron chi connectivity index (χ1n) is 12.6. The number of hydrogen-bond acceptors (Lipinski definition) is 4. The van der Waals surface area contributed by atoms with Gasteiger partial charge in [-0.3, -0.25) is 13.9 Å². The first-order chi connectivity index (χ1) is 17.6. The fourth-order valence-electron chi connectivity index (χ4n) is 4.58. The van der Waals surface area contributed by atoms with Crippen LogP contribution in [-0.4, -0.2) is 50.0 Å². The van der Waals surface area contributed by atoms with Crippen molar-refractivity contribution >= 4 is 27.5 Å². The number of carbonyl (C=O) groups excluding carboxylic acids is 2. The van der Waals surface area contributed by atoms with Gasteiger partial charge in [-0.2, -0.15) is 0 Å². The Bertz CT molecular complexity index is 1170. The zero-order valence-corrected chi connectivity index (χ0v) is 22.1. The number of halogens is 2. The predicted octanol–water partition coefficient (Wildman–Crippen LogP) is 4.38. The van der Waals surface area contributed by atoms with Crippen LogP contribution in [0.25, 0.3) is 0 Å². The number of nitrogens with zero attached hydrogens (tertiary/aromatic N) is 2.